The van der Waals surface area contributed by atoms with Crippen molar-refractivity contribution in [3.8, 4) is 12.3 Å². The molecule has 0 aromatic heterocycles. The van der Waals surface area contributed by atoms with Crippen molar-refractivity contribution in [2.24, 2.45) is 0 Å². The molecule has 15 heavy (non-hydrogen) atoms. The Kier molecular flexibility index (Phi) is 3.08. The molecular weight excluding hydrogens is 182 g/mol. The molecule has 1 aromatic carbocycles. The van der Waals surface area contributed by atoms with Crippen LogP contribution < -0.4 is 0 Å². The molecule has 0 fully saturated rings. The summed E-state index contributed by atoms with van der Waals surface area (Å²) >= 11 is 0. The number of benzene rings is 1. The Morgan fingerprint density at radius 2 is 2.27 bits per heavy atom. The van der Waals surface area contributed by atoms with Crippen LogP contribution in [0.3, 0.4) is 0 Å². The minimum absolute atomic E-state index is 0.726. The first kappa shape index (κ1) is 10.3. The molecule has 0 spiro atoms. The van der Waals surface area contributed by atoms with Crippen molar-refractivity contribution in [2.75, 3.05) is 13.6 Å². The molecule has 0 N–H and O–H groups in total. The molecule has 0 bridgehead atoms. The van der Waals surface area contributed by atoms with Gasteiger partial charge in [-0.25, -0.2) is 0 Å². The van der Waals surface area contributed by atoms with Crippen LogP contribution in [0.25, 0.3) is 0 Å². The lowest BCUT2D eigenvalue weighted by Gasteiger charge is -2.16. The SMILES string of the molecule is C#CCN(C)Cc1cccc2c1CCC2. The Hall–Kier alpha value is -1.26. The van der Waals surface area contributed by atoms with Crippen molar-refractivity contribution in [1.82, 2.24) is 4.90 Å². The number of nitrogens with zero attached hydrogens (tertiary/aromatic N) is 1. The first-order chi connectivity index (χ1) is 7.31. The number of terminal acetylenes is 1. The number of fused-ring (bicyclic) bond motifs is 1. The van der Waals surface area contributed by atoms with E-state index < -0.39 is 0 Å². The van der Waals surface area contributed by atoms with Gasteiger partial charge >= 0.3 is 0 Å². The minimum atomic E-state index is 0.726. The lowest BCUT2D eigenvalue weighted by Crippen LogP contribution is -2.18. The summed E-state index contributed by atoms with van der Waals surface area (Å²) in [6.45, 7) is 1.71. The zero-order valence-corrected chi connectivity index (χ0v) is 9.29. The van der Waals surface area contributed by atoms with Crippen LogP contribution in [0, 0.1) is 12.3 Å². The summed E-state index contributed by atoms with van der Waals surface area (Å²) in [6, 6.07) is 6.66. The van der Waals surface area contributed by atoms with E-state index in [1.54, 1.807) is 11.1 Å². The molecule has 0 atom stereocenters. The van der Waals surface area contributed by atoms with Crippen molar-refractivity contribution >= 4 is 0 Å². The molecule has 0 saturated heterocycles. The van der Waals surface area contributed by atoms with Crippen LogP contribution in [0.5, 0.6) is 0 Å². The maximum Gasteiger partial charge on any atom is 0.0599 e. The van der Waals surface area contributed by atoms with Gasteiger partial charge in [0.15, 0.2) is 0 Å². The molecule has 0 aliphatic heterocycles. The first-order valence-electron chi connectivity index (χ1n) is 5.53. The highest BCUT2D eigenvalue weighted by atomic mass is 15.1. The normalized spacial score (nSPS) is 13.9. The van der Waals surface area contributed by atoms with Gasteiger partial charge in [0.05, 0.1) is 6.54 Å². The summed E-state index contributed by atoms with van der Waals surface area (Å²) in [5.74, 6) is 2.68. The molecule has 1 aliphatic rings. The molecule has 1 heteroatoms. The van der Waals surface area contributed by atoms with Gasteiger partial charge in [0.2, 0.25) is 0 Å². The van der Waals surface area contributed by atoms with Crippen LogP contribution in [0.4, 0.5) is 0 Å². The van der Waals surface area contributed by atoms with Crippen molar-refractivity contribution in [1.29, 1.82) is 0 Å². The Morgan fingerprint density at radius 3 is 3.07 bits per heavy atom. The maximum absolute atomic E-state index is 5.30. The van der Waals surface area contributed by atoms with Crippen LogP contribution in [-0.2, 0) is 19.4 Å². The fourth-order valence-electron chi connectivity index (χ4n) is 2.35. The van der Waals surface area contributed by atoms with Gasteiger partial charge in [-0.2, -0.15) is 0 Å². The van der Waals surface area contributed by atoms with Crippen LogP contribution in [-0.4, -0.2) is 18.5 Å². The van der Waals surface area contributed by atoms with E-state index in [1.165, 1.54) is 24.8 Å². The van der Waals surface area contributed by atoms with E-state index in [9.17, 15) is 0 Å². The number of rotatable bonds is 3. The standard InChI is InChI=1S/C14H17N/c1-3-10-15(2)11-13-8-4-6-12-7-5-9-14(12)13/h1,4,6,8H,5,7,9-11H2,2H3. The van der Waals surface area contributed by atoms with Gasteiger partial charge in [-0.15, -0.1) is 6.42 Å². The molecule has 1 aliphatic carbocycles. The molecule has 78 valence electrons. The Labute approximate surface area is 92.1 Å². The molecule has 2 rings (SSSR count). The zero-order chi connectivity index (χ0) is 10.7. The van der Waals surface area contributed by atoms with E-state index >= 15 is 0 Å². The zero-order valence-electron chi connectivity index (χ0n) is 9.29. The molecule has 0 amide bonds. The third kappa shape index (κ3) is 2.22. The molecule has 0 radical (unpaired) electrons. The smallest absolute Gasteiger partial charge is 0.0599 e. The minimum Gasteiger partial charge on any atom is -0.291 e. The summed E-state index contributed by atoms with van der Waals surface area (Å²) in [5, 5.41) is 0. The number of hydrogen-bond acceptors (Lipinski definition) is 1. The van der Waals surface area contributed by atoms with Gasteiger partial charge in [0.25, 0.3) is 0 Å². The largest absolute Gasteiger partial charge is 0.291 e. The van der Waals surface area contributed by atoms with Crippen molar-refractivity contribution < 1.29 is 0 Å². The summed E-state index contributed by atoms with van der Waals surface area (Å²) in [6.07, 6.45) is 9.11. The second-order valence-electron chi connectivity index (χ2n) is 4.28. The highest BCUT2D eigenvalue weighted by molar-refractivity contribution is 5.38. The molecule has 0 heterocycles. The van der Waals surface area contributed by atoms with E-state index in [0.29, 0.717) is 0 Å². The predicted molar refractivity (Wildman–Crippen MR) is 63.6 cm³/mol. The number of hydrogen-bond donors (Lipinski definition) is 0. The molecule has 0 saturated carbocycles. The third-order valence-corrected chi connectivity index (χ3v) is 3.04. The first-order valence-corrected chi connectivity index (χ1v) is 5.53. The summed E-state index contributed by atoms with van der Waals surface area (Å²) in [4.78, 5) is 2.19. The van der Waals surface area contributed by atoms with Gasteiger partial charge in [0, 0.05) is 6.54 Å². The van der Waals surface area contributed by atoms with E-state index in [-0.39, 0.29) is 0 Å². The monoisotopic (exact) mass is 199 g/mol. The molecule has 1 nitrogen and oxygen atoms in total. The summed E-state index contributed by atoms with van der Waals surface area (Å²) in [5.41, 5.74) is 4.57. The maximum atomic E-state index is 5.30. The highest BCUT2D eigenvalue weighted by Crippen LogP contribution is 2.25. The lowest BCUT2D eigenvalue weighted by molar-refractivity contribution is 0.368. The Morgan fingerprint density at radius 1 is 1.40 bits per heavy atom. The highest BCUT2D eigenvalue weighted by Gasteiger charge is 2.14. The summed E-state index contributed by atoms with van der Waals surface area (Å²) < 4.78 is 0. The second-order valence-corrected chi connectivity index (χ2v) is 4.28. The van der Waals surface area contributed by atoms with Crippen molar-refractivity contribution in [3.05, 3.63) is 34.9 Å². The van der Waals surface area contributed by atoms with Gasteiger partial charge in [-0.05, 0) is 43.0 Å². The predicted octanol–water partition coefficient (Wildman–Crippen LogP) is 2.24. The quantitative estimate of drug-likeness (QED) is 0.675. The average Bonchev–Trinajstić information content (AvgIpc) is 2.67. The molecule has 1 aromatic rings. The van der Waals surface area contributed by atoms with E-state index in [4.69, 9.17) is 6.42 Å². The third-order valence-electron chi connectivity index (χ3n) is 3.04. The van der Waals surface area contributed by atoms with Crippen LogP contribution >= 0.6 is 0 Å². The van der Waals surface area contributed by atoms with E-state index in [0.717, 1.165) is 13.1 Å². The van der Waals surface area contributed by atoms with Crippen LogP contribution in [0.15, 0.2) is 18.2 Å². The van der Waals surface area contributed by atoms with Gasteiger partial charge in [-0.1, -0.05) is 24.1 Å². The van der Waals surface area contributed by atoms with Gasteiger partial charge < -0.3 is 0 Å². The van der Waals surface area contributed by atoms with Crippen molar-refractivity contribution in [3.63, 3.8) is 0 Å². The summed E-state index contributed by atoms with van der Waals surface area (Å²) in [7, 11) is 2.08. The van der Waals surface area contributed by atoms with Crippen molar-refractivity contribution in [2.45, 2.75) is 25.8 Å². The van der Waals surface area contributed by atoms with Crippen LogP contribution in [0.1, 0.15) is 23.1 Å². The fraction of sp³-hybridized carbons (Fsp3) is 0.429. The fourth-order valence-corrected chi connectivity index (χ4v) is 2.35. The Bertz CT molecular complexity index is 387. The molecular formula is C14H17N. The number of aryl methyl sites for hydroxylation is 1. The van der Waals surface area contributed by atoms with Gasteiger partial charge in [-0.3, -0.25) is 4.90 Å². The Balaban J connectivity index is 2.16. The average molecular weight is 199 g/mol. The van der Waals surface area contributed by atoms with E-state index in [1.807, 2.05) is 0 Å². The topological polar surface area (TPSA) is 3.24 Å². The lowest BCUT2D eigenvalue weighted by atomic mass is 10.0. The molecule has 0 unspecified atom stereocenters. The second kappa shape index (κ2) is 4.51. The van der Waals surface area contributed by atoms with E-state index in [2.05, 4.69) is 36.1 Å². The van der Waals surface area contributed by atoms with Gasteiger partial charge in [0.1, 0.15) is 0 Å². The van der Waals surface area contributed by atoms with Crippen LogP contribution in [0.2, 0.25) is 0 Å².